The first-order valence-electron chi connectivity index (χ1n) is 46.2. The zero-order valence-corrected chi connectivity index (χ0v) is 72.8. The van der Waals surface area contributed by atoms with E-state index < -0.39 is 97.5 Å². The normalized spacial score (nSPS) is 14.0. The van der Waals surface area contributed by atoms with Gasteiger partial charge in [0.05, 0.1) is 26.4 Å². The van der Waals surface area contributed by atoms with Gasteiger partial charge in [0.2, 0.25) is 0 Å². The van der Waals surface area contributed by atoms with Crippen LogP contribution in [0.2, 0.25) is 0 Å². The van der Waals surface area contributed by atoms with E-state index in [2.05, 4.69) is 34.6 Å². The second-order valence-corrected chi connectivity index (χ2v) is 35.1. The molecule has 17 nitrogen and oxygen atoms in total. The van der Waals surface area contributed by atoms with Crippen molar-refractivity contribution in [3.05, 3.63) is 0 Å². The molecule has 3 N–H and O–H groups in total. The van der Waals surface area contributed by atoms with Crippen LogP contribution in [0.25, 0.3) is 0 Å². The van der Waals surface area contributed by atoms with Gasteiger partial charge in [0.1, 0.15) is 19.3 Å². The fourth-order valence-electron chi connectivity index (χ4n) is 14.0. The monoisotopic (exact) mass is 1580 g/mol. The molecule has 0 aromatic carbocycles. The van der Waals surface area contributed by atoms with Gasteiger partial charge in [-0.25, -0.2) is 9.13 Å². The van der Waals surface area contributed by atoms with Gasteiger partial charge < -0.3 is 33.8 Å². The van der Waals surface area contributed by atoms with Crippen molar-refractivity contribution in [3.63, 3.8) is 0 Å². The molecule has 19 heteroatoms. The van der Waals surface area contributed by atoms with E-state index in [1.807, 2.05) is 0 Å². The van der Waals surface area contributed by atoms with Gasteiger partial charge in [-0.3, -0.25) is 37.3 Å². The Morgan fingerprint density at radius 2 is 0.444 bits per heavy atom. The maximum Gasteiger partial charge on any atom is 0.472 e. The van der Waals surface area contributed by atoms with Gasteiger partial charge >= 0.3 is 39.5 Å². The van der Waals surface area contributed by atoms with Crippen LogP contribution < -0.4 is 0 Å². The molecular weight excluding hydrogens is 1400 g/mol. The second kappa shape index (κ2) is 81.6. The number of rotatable bonds is 89. The summed E-state index contributed by atoms with van der Waals surface area (Å²) in [4.78, 5) is 73.2. The number of unbranched alkanes of at least 4 members (excludes halogenated alkanes) is 60. The first-order valence-corrected chi connectivity index (χ1v) is 49.2. The quantitative estimate of drug-likeness (QED) is 0.0222. The third kappa shape index (κ3) is 80.7. The van der Waals surface area contributed by atoms with Gasteiger partial charge in [-0.1, -0.05) is 433 Å². The number of carbonyl (C=O) groups is 4. The molecular formula is C89H174O17P2. The summed E-state index contributed by atoms with van der Waals surface area (Å²) in [6, 6.07) is 0. The first-order chi connectivity index (χ1) is 52.6. The number of aliphatic hydroxyl groups excluding tert-OH is 1. The molecule has 108 heavy (non-hydrogen) atoms. The molecule has 642 valence electrons. The summed E-state index contributed by atoms with van der Waals surface area (Å²) in [6.07, 6.45) is 76.6. The van der Waals surface area contributed by atoms with Crippen molar-refractivity contribution in [2.75, 3.05) is 39.6 Å². The van der Waals surface area contributed by atoms with E-state index in [0.29, 0.717) is 25.7 Å². The molecule has 0 aliphatic rings. The molecule has 0 spiro atoms. The van der Waals surface area contributed by atoms with Crippen LogP contribution >= 0.6 is 15.6 Å². The lowest BCUT2D eigenvalue weighted by Gasteiger charge is -2.21. The molecule has 0 saturated carbocycles. The molecule has 0 bridgehead atoms. The molecule has 0 aromatic rings. The number of hydrogen-bond acceptors (Lipinski definition) is 15. The number of phosphoric acid groups is 2. The second-order valence-electron chi connectivity index (χ2n) is 32.2. The van der Waals surface area contributed by atoms with Gasteiger partial charge in [0.25, 0.3) is 0 Å². The number of ether oxygens (including phenoxy) is 4. The summed E-state index contributed by atoms with van der Waals surface area (Å²) in [7, 11) is -9.93. The summed E-state index contributed by atoms with van der Waals surface area (Å²) in [5.74, 6) is -1.23. The minimum absolute atomic E-state index is 0.109. The Morgan fingerprint density at radius 1 is 0.259 bits per heavy atom. The Hall–Kier alpha value is -1.94. The van der Waals surface area contributed by atoms with Gasteiger partial charge in [-0.05, 0) is 31.6 Å². The highest BCUT2D eigenvalue weighted by molar-refractivity contribution is 7.47. The third-order valence-corrected chi connectivity index (χ3v) is 23.3. The Morgan fingerprint density at radius 3 is 0.657 bits per heavy atom. The molecule has 0 fully saturated rings. The van der Waals surface area contributed by atoms with Crippen LogP contribution in [-0.4, -0.2) is 96.7 Å². The third-order valence-electron chi connectivity index (χ3n) is 21.4. The fourth-order valence-corrected chi connectivity index (χ4v) is 15.5. The van der Waals surface area contributed by atoms with Crippen LogP contribution in [-0.2, 0) is 65.4 Å². The Bertz CT molecular complexity index is 2050. The predicted octanol–water partition coefficient (Wildman–Crippen LogP) is 27.5. The maximum atomic E-state index is 13.2. The van der Waals surface area contributed by atoms with E-state index in [0.717, 1.165) is 95.8 Å². The number of esters is 4. The van der Waals surface area contributed by atoms with Crippen molar-refractivity contribution in [1.82, 2.24) is 0 Å². The lowest BCUT2D eigenvalue weighted by molar-refractivity contribution is -0.161. The van der Waals surface area contributed by atoms with Crippen molar-refractivity contribution in [2.45, 2.75) is 502 Å². The Balaban J connectivity index is 5.17. The summed E-state index contributed by atoms with van der Waals surface area (Å²) in [6.45, 7) is 7.42. The molecule has 0 heterocycles. The van der Waals surface area contributed by atoms with Crippen molar-refractivity contribution in [2.24, 2.45) is 5.92 Å². The van der Waals surface area contributed by atoms with Crippen molar-refractivity contribution < 1.29 is 80.2 Å². The van der Waals surface area contributed by atoms with Crippen molar-refractivity contribution in [1.29, 1.82) is 0 Å². The van der Waals surface area contributed by atoms with E-state index in [9.17, 15) is 43.2 Å². The van der Waals surface area contributed by atoms with Crippen LogP contribution in [0.5, 0.6) is 0 Å². The topological polar surface area (TPSA) is 237 Å². The minimum Gasteiger partial charge on any atom is -0.462 e. The molecule has 6 atom stereocenters. The van der Waals surface area contributed by atoms with Crippen LogP contribution in [0, 0.1) is 5.92 Å². The van der Waals surface area contributed by atoms with Crippen LogP contribution in [0.3, 0.4) is 0 Å². The number of carbonyl (C=O) groups excluding carboxylic acids is 4. The smallest absolute Gasteiger partial charge is 0.462 e. The Kier molecular flexibility index (Phi) is 80.2. The van der Waals surface area contributed by atoms with E-state index in [1.165, 1.54) is 308 Å². The van der Waals surface area contributed by atoms with Crippen molar-refractivity contribution in [3.8, 4) is 0 Å². The highest BCUT2D eigenvalue weighted by atomic mass is 31.2. The molecule has 0 radical (unpaired) electrons. The first kappa shape index (κ1) is 106. The summed E-state index contributed by atoms with van der Waals surface area (Å²) >= 11 is 0. The maximum absolute atomic E-state index is 13.2. The largest absolute Gasteiger partial charge is 0.472 e. The molecule has 0 aliphatic carbocycles. The zero-order chi connectivity index (χ0) is 79.0. The molecule has 0 rings (SSSR count). The summed E-state index contributed by atoms with van der Waals surface area (Å²) in [5.41, 5.74) is 0. The van der Waals surface area contributed by atoms with Crippen molar-refractivity contribution >= 4 is 39.5 Å². The summed E-state index contributed by atoms with van der Waals surface area (Å²) < 4.78 is 68.9. The van der Waals surface area contributed by atoms with E-state index in [1.54, 1.807) is 0 Å². The molecule has 0 aliphatic heterocycles. The van der Waals surface area contributed by atoms with Gasteiger partial charge in [-0.15, -0.1) is 0 Å². The SMILES string of the molecule is CCCCCCCCCCCCCCCCCCCCCCC(=O)OC[C@H](COP(=O)(O)OC[C@@H](O)COP(=O)(O)OC[C@@H](COC(=O)CCCCCCCCCC)OC(=O)CCCCCCCCCCCCCCCCCCCC)OC(=O)CCCCCCCCCCCCCCCCCCCCC(C)CC. The molecule has 3 unspecified atom stereocenters. The number of aliphatic hydroxyl groups is 1. The highest BCUT2D eigenvalue weighted by Crippen LogP contribution is 2.45. The summed E-state index contributed by atoms with van der Waals surface area (Å²) in [5, 5.41) is 10.7. The molecule has 0 aromatic heterocycles. The average Bonchev–Trinajstić information content (AvgIpc) is 0.899. The van der Waals surface area contributed by atoms with E-state index >= 15 is 0 Å². The highest BCUT2D eigenvalue weighted by Gasteiger charge is 2.31. The van der Waals surface area contributed by atoms with E-state index in [4.69, 9.17) is 37.0 Å². The van der Waals surface area contributed by atoms with Crippen LogP contribution in [0.15, 0.2) is 0 Å². The standard InChI is InChI=1S/C89H174O17P2/c1-6-10-13-16-19-22-24-26-28-30-32-33-38-41-45-49-53-58-63-68-73-87(92)100-79-85(106-89(94)75-70-65-60-55-51-47-43-39-35-34-36-40-44-48-52-56-61-66-71-82(5)9-4)81-104-108(97,98)102-77-83(90)76-101-107(95,96)103-80-84(78-99-86(91)72-67-62-57-21-18-15-12-8-3)105-88(93)74-69-64-59-54-50-46-42-37-31-29-27-25-23-20-17-14-11-7-2/h82-85,90H,6-81H2,1-5H3,(H,95,96)(H,97,98)/t82?,83-,84+,85+/m0/s1. The molecule has 0 amide bonds. The van der Waals surface area contributed by atoms with E-state index in [-0.39, 0.29) is 25.7 Å². The van der Waals surface area contributed by atoms with Crippen LogP contribution in [0.1, 0.15) is 484 Å². The zero-order valence-electron chi connectivity index (χ0n) is 71.0. The number of hydrogen-bond donors (Lipinski definition) is 3. The average molecular weight is 1580 g/mol. The van der Waals surface area contributed by atoms with Gasteiger partial charge in [0, 0.05) is 25.7 Å². The lowest BCUT2D eigenvalue weighted by Crippen LogP contribution is -2.30. The lowest BCUT2D eigenvalue weighted by atomic mass is 9.99. The fraction of sp³-hybridized carbons (Fsp3) is 0.955. The van der Waals surface area contributed by atoms with Gasteiger partial charge in [0.15, 0.2) is 12.2 Å². The van der Waals surface area contributed by atoms with Crippen LogP contribution in [0.4, 0.5) is 0 Å². The number of phosphoric ester groups is 2. The molecule has 0 saturated heterocycles. The minimum atomic E-state index is -4.97. The Labute approximate surface area is 664 Å². The van der Waals surface area contributed by atoms with Gasteiger partial charge in [-0.2, -0.15) is 0 Å². The predicted molar refractivity (Wildman–Crippen MR) is 446 cm³/mol.